The molecule has 0 bridgehead atoms. The van der Waals surface area contributed by atoms with E-state index in [-0.39, 0.29) is 121 Å². The second kappa shape index (κ2) is 55.7. The van der Waals surface area contributed by atoms with Crippen molar-refractivity contribution in [3.05, 3.63) is 47.8 Å². The zero-order valence-corrected chi connectivity index (χ0v) is 71.6. The molecule has 117 heavy (non-hydrogen) atoms. The number of nitrogens with zero attached hydrogens (tertiary/aromatic N) is 6. The van der Waals surface area contributed by atoms with Gasteiger partial charge in [-0.1, -0.05) is 118 Å². The number of carboxylic acids is 1. The molecule has 2 aromatic rings. The van der Waals surface area contributed by atoms with Gasteiger partial charge in [-0.15, -0.1) is 5.10 Å². The van der Waals surface area contributed by atoms with E-state index in [0.717, 1.165) is 5.56 Å². The SMILES string of the molecule is CCC(C)C(C(CC(=O)N1CCCC1C(OC)C(C)C(O)NC(Cc1ccccc1)C(=O)O)OC)N(C)C(=O)C(NC(=O)C(C(C)C)N(C)CC(O)C(O)C(O)C(O)COCc1cn(CCOCCOCCOCCOCCC(=O)NCCCCC(NC(=O)C(CO)NC(=O)C(N)CC(C)C)C(=O)NC(CC(C)C)C(N)=O)nn1)C(C)C. The summed E-state index contributed by atoms with van der Waals surface area (Å²) in [6.07, 6.45) is -4.85. The molecule has 8 amide bonds. The number of nitrogens with two attached hydrogens (primary N) is 2. The molecule has 3 rings (SSSR count). The van der Waals surface area contributed by atoms with Crippen molar-refractivity contribution in [1.29, 1.82) is 0 Å². The average molecular weight is 1670 g/mol. The number of benzene rings is 1. The van der Waals surface area contributed by atoms with Crippen LogP contribution in [-0.2, 0) is 95.9 Å². The van der Waals surface area contributed by atoms with Crippen LogP contribution in [0.4, 0.5) is 0 Å². The molecular formula is C80H142N14O23. The van der Waals surface area contributed by atoms with Gasteiger partial charge in [-0.25, -0.2) is 4.68 Å². The average Bonchev–Trinajstić information content (AvgIpc) is 1.35. The number of aliphatic carboxylic acids is 1. The summed E-state index contributed by atoms with van der Waals surface area (Å²) in [5.41, 5.74) is 12.7. The summed E-state index contributed by atoms with van der Waals surface area (Å²) in [5, 5.41) is 100.0. The lowest BCUT2D eigenvalue weighted by Gasteiger charge is -2.41. The molecule has 1 aliphatic rings. The van der Waals surface area contributed by atoms with Gasteiger partial charge in [0.2, 0.25) is 47.3 Å². The van der Waals surface area contributed by atoms with E-state index in [4.69, 9.17) is 44.6 Å². The number of aliphatic hydroxyl groups is 6. The van der Waals surface area contributed by atoms with Gasteiger partial charge >= 0.3 is 5.97 Å². The molecule has 0 spiro atoms. The van der Waals surface area contributed by atoms with E-state index < -0.39 is 170 Å². The third kappa shape index (κ3) is 37.2. The number of ether oxygens (including phenoxy) is 7. The van der Waals surface area contributed by atoms with Crippen LogP contribution in [0.1, 0.15) is 152 Å². The maximum Gasteiger partial charge on any atom is 0.321 e. The van der Waals surface area contributed by atoms with E-state index in [1.165, 1.54) is 28.7 Å². The maximum atomic E-state index is 14.8. The van der Waals surface area contributed by atoms with Crippen LogP contribution in [-0.4, -0.2) is 330 Å². The smallest absolute Gasteiger partial charge is 0.321 e. The largest absolute Gasteiger partial charge is 0.480 e. The van der Waals surface area contributed by atoms with Crippen LogP contribution in [0.5, 0.6) is 0 Å². The summed E-state index contributed by atoms with van der Waals surface area (Å²) >= 11 is 0. The minimum absolute atomic E-state index is 0.0126. The zero-order valence-electron chi connectivity index (χ0n) is 71.6. The highest BCUT2D eigenvalue weighted by Gasteiger charge is 2.45. The number of carboxylic acid groups (broad SMARTS) is 1. The summed E-state index contributed by atoms with van der Waals surface area (Å²) < 4.78 is 41.5. The number of hydrogen-bond acceptors (Lipinski definition) is 27. The lowest BCUT2D eigenvalue weighted by molar-refractivity contribution is -0.148. The Balaban J connectivity index is 1.37. The number of aliphatic hydroxyl groups excluding tert-OH is 6. The fourth-order valence-electron chi connectivity index (χ4n) is 14.1. The van der Waals surface area contributed by atoms with Gasteiger partial charge in [-0.3, -0.25) is 53.4 Å². The first-order valence-corrected chi connectivity index (χ1v) is 41.1. The standard InChI is InChI=1S/C80H142N14O23/c1-16-52(10)69(64(111-14)42-66(99)94-29-22-26-61(94)72(112-15)53(11)74(103)86-59(80(109)110)41-54-23-18-17-19-24-54)92(13)79(108)67(50(6)7)88-78(107)68(51(8)9)91(12)44-62(96)70(100)71(101)63(97)47-117-46-55-43-93(90-89-55)30-32-114-34-36-116-38-37-115-35-33-113-31-27-65(98)83-28-21-20-25-57(76(105)85-58(73(82)102)40-49(4)5)84-77(106)60(45-95)87-75(104)56(81)39-48(2)3/h17-19,23-24,43,48-53,56-64,67-72,74,86,95-97,100-101,103H,16,20-22,25-42,44-47,81H2,1-15H3,(H2,82,102)(H,83,98)(H,84,106)(H,85,105)(H,87,104)(H,88,107)(H,109,110). The van der Waals surface area contributed by atoms with Crippen LogP contribution in [0.3, 0.4) is 0 Å². The van der Waals surface area contributed by atoms with Gasteiger partial charge in [-0.05, 0) is 93.6 Å². The number of likely N-dealkylation sites (N-methyl/N-ethyl adjacent to an activating group) is 2. The third-order valence-electron chi connectivity index (χ3n) is 20.8. The van der Waals surface area contributed by atoms with Crippen molar-refractivity contribution in [1.82, 2.24) is 61.6 Å². The van der Waals surface area contributed by atoms with E-state index in [2.05, 4.69) is 42.2 Å². The molecule has 1 saturated heterocycles. The van der Waals surface area contributed by atoms with Crippen molar-refractivity contribution in [2.24, 2.45) is 47.0 Å². The Labute approximate surface area is 690 Å². The predicted octanol–water partition coefficient (Wildman–Crippen LogP) is -1.05. The van der Waals surface area contributed by atoms with Crippen LogP contribution in [0, 0.1) is 35.5 Å². The molecule has 1 aliphatic heterocycles. The highest BCUT2D eigenvalue weighted by atomic mass is 16.6. The molecule has 37 heteroatoms. The molecule has 670 valence electrons. The fraction of sp³-hybridized carbons (Fsp3) is 0.787. The Morgan fingerprint density at radius 2 is 1.27 bits per heavy atom. The Morgan fingerprint density at radius 1 is 0.684 bits per heavy atom. The molecule has 1 fully saturated rings. The van der Waals surface area contributed by atoms with Gasteiger partial charge in [0, 0.05) is 53.2 Å². The first kappa shape index (κ1) is 104. The molecule has 1 aromatic heterocycles. The lowest BCUT2D eigenvalue weighted by Crippen LogP contribution is -2.60. The van der Waals surface area contributed by atoms with Gasteiger partial charge in [0.05, 0.1) is 134 Å². The third-order valence-corrected chi connectivity index (χ3v) is 20.8. The van der Waals surface area contributed by atoms with Gasteiger partial charge in [0.1, 0.15) is 60.4 Å². The van der Waals surface area contributed by atoms with Crippen molar-refractivity contribution in [2.75, 3.05) is 114 Å². The summed E-state index contributed by atoms with van der Waals surface area (Å²) in [7, 11) is 6.15. The van der Waals surface area contributed by atoms with Gasteiger partial charge in [-0.2, -0.15) is 0 Å². The Bertz CT molecular complexity index is 3220. The predicted molar refractivity (Wildman–Crippen MR) is 432 cm³/mol. The maximum absolute atomic E-state index is 14.8. The van der Waals surface area contributed by atoms with E-state index >= 15 is 0 Å². The number of likely N-dealkylation sites (tertiary alicyclic amines) is 1. The molecular weight excluding hydrogens is 1520 g/mol. The molecule has 18 atom stereocenters. The number of methoxy groups -OCH3 is 2. The second-order valence-electron chi connectivity index (χ2n) is 32.0. The van der Waals surface area contributed by atoms with Crippen LogP contribution < -0.4 is 43.4 Å². The van der Waals surface area contributed by atoms with Crippen LogP contribution in [0.25, 0.3) is 0 Å². The number of carbonyl (C=O) groups is 9. The van der Waals surface area contributed by atoms with Gasteiger partial charge in [0.15, 0.2) is 0 Å². The van der Waals surface area contributed by atoms with Crippen molar-refractivity contribution < 1.29 is 112 Å². The molecule has 1 aromatic carbocycles. The second-order valence-corrected chi connectivity index (χ2v) is 32.0. The number of nitrogens with one attached hydrogen (secondary N) is 6. The minimum atomic E-state index is -1.88. The quantitative estimate of drug-likeness (QED) is 0.0278. The van der Waals surface area contributed by atoms with Crippen molar-refractivity contribution >= 4 is 53.2 Å². The van der Waals surface area contributed by atoms with Crippen molar-refractivity contribution in [2.45, 2.75) is 257 Å². The number of carbonyl (C=O) groups excluding carboxylic acids is 8. The fourth-order valence-corrected chi connectivity index (χ4v) is 14.1. The summed E-state index contributed by atoms with van der Waals surface area (Å²) in [6, 6.07) is 0.374. The van der Waals surface area contributed by atoms with Crippen molar-refractivity contribution in [3.8, 4) is 0 Å². The number of hydrogen-bond donors (Lipinski definition) is 15. The van der Waals surface area contributed by atoms with E-state index in [0.29, 0.717) is 70.5 Å². The molecule has 17 N–H and O–H groups in total. The molecule has 0 aliphatic carbocycles. The molecule has 0 radical (unpaired) electrons. The zero-order chi connectivity index (χ0) is 87.6. The Hall–Kier alpha value is -7.05. The normalized spacial score (nSPS) is 17.7. The number of amides is 8. The highest BCUT2D eigenvalue weighted by molar-refractivity contribution is 5.95. The Kier molecular flexibility index (Phi) is 49.6. The van der Waals surface area contributed by atoms with Gasteiger partial charge < -0.3 is 117 Å². The topological polar surface area (TPSA) is 524 Å². The first-order chi connectivity index (χ1) is 55.4. The number of rotatable bonds is 63. The lowest BCUT2D eigenvalue weighted by atomic mass is 9.89. The minimum Gasteiger partial charge on any atom is -0.480 e. The van der Waals surface area contributed by atoms with E-state index in [9.17, 15) is 78.9 Å². The number of aromatic nitrogens is 3. The molecule has 18 unspecified atom stereocenters. The van der Waals surface area contributed by atoms with E-state index in [1.54, 1.807) is 59.8 Å². The first-order valence-electron chi connectivity index (χ1n) is 41.1. The number of unbranched alkanes of at least 4 members (excludes halogenated alkanes) is 1. The highest BCUT2D eigenvalue weighted by Crippen LogP contribution is 2.31. The van der Waals surface area contributed by atoms with Crippen LogP contribution in [0.2, 0.25) is 0 Å². The monoisotopic (exact) mass is 1670 g/mol. The Morgan fingerprint density at radius 3 is 1.84 bits per heavy atom. The van der Waals surface area contributed by atoms with Crippen molar-refractivity contribution in [3.63, 3.8) is 0 Å². The molecule has 0 saturated carbocycles. The van der Waals surface area contributed by atoms with Crippen LogP contribution >= 0.6 is 0 Å². The van der Waals surface area contributed by atoms with Gasteiger partial charge in [0.25, 0.3) is 0 Å². The van der Waals surface area contributed by atoms with E-state index in [1.807, 2.05) is 71.9 Å². The summed E-state index contributed by atoms with van der Waals surface area (Å²) in [4.78, 5) is 125. The van der Waals surface area contributed by atoms with Crippen LogP contribution in [0.15, 0.2) is 36.5 Å². The molecule has 2 heterocycles. The number of primary amides is 1. The summed E-state index contributed by atoms with van der Waals surface area (Å²) in [6.45, 7) is 21.7. The molecule has 37 nitrogen and oxygen atoms in total. The summed E-state index contributed by atoms with van der Waals surface area (Å²) in [5.74, 6) is -7.06.